The number of nitrogens with zero attached hydrogens (tertiary/aromatic N) is 6. The maximum atomic E-state index is 6.60. The Kier molecular flexibility index (Phi) is 4.91. The Bertz CT molecular complexity index is 1210. The maximum absolute atomic E-state index is 6.60. The zero-order valence-electron chi connectivity index (χ0n) is 17.7. The number of aromatic nitrogens is 4. The van der Waals surface area contributed by atoms with E-state index < -0.39 is 0 Å². The van der Waals surface area contributed by atoms with Gasteiger partial charge in [-0.15, -0.1) is 5.10 Å². The largest absolute Gasteiger partial charge is 0.497 e. The number of benzene rings is 2. The molecule has 0 atom stereocenters. The van der Waals surface area contributed by atoms with Gasteiger partial charge in [-0.2, -0.15) is 4.98 Å². The van der Waals surface area contributed by atoms with Gasteiger partial charge in [0.2, 0.25) is 5.95 Å². The number of nitrogens with two attached hydrogens (primary N) is 1. The lowest BCUT2D eigenvalue weighted by Crippen LogP contribution is -2.45. The molecule has 0 amide bonds. The minimum atomic E-state index is 0.518. The lowest BCUT2D eigenvalue weighted by atomic mass is 10.1. The third-order valence-corrected chi connectivity index (χ3v) is 5.69. The summed E-state index contributed by atoms with van der Waals surface area (Å²) < 4.78 is 7.17. The topological polar surface area (TPSA) is 85.3 Å². The normalized spacial score (nSPS) is 14.8. The molecule has 4 aromatic rings. The van der Waals surface area contributed by atoms with E-state index in [2.05, 4.69) is 16.8 Å². The SMILES string of the molecule is COc1cccc(-c2nc(N3CCN(C)CC3)nc3nn(-c4ccccc4)c(N)c23)c1. The van der Waals surface area contributed by atoms with Crippen molar-refractivity contribution < 1.29 is 4.74 Å². The molecular formula is C23H25N7O. The van der Waals surface area contributed by atoms with Crippen molar-refractivity contribution >= 4 is 22.8 Å². The van der Waals surface area contributed by atoms with Crippen LogP contribution in [0, 0.1) is 0 Å². The zero-order chi connectivity index (χ0) is 21.4. The second-order valence-corrected chi connectivity index (χ2v) is 7.73. The molecule has 5 rings (SSSR count). The summed E-state index contributed by atoms with van der Waals surface area (Å²) in [5, 5.41) is 5.50. The highest BCUT2D eigenvalue weighted by Crippen LogP contribution is 2.34. The maximum Gasteiger partial charge on any atom is 0.228 e. The third kappa shape index (κ3) is 3.55. The Morgan fingerprint density at radius 3 is 2.45 bits per heavy atom. The quantitative estimate of drug-likeness (QED) is 0.549. The highest BCUT2D eigenvalue weighted by atomic mass is 16.5. The van der Waals surface area contributed by atoms with Gasteiger partial charge < -0.3 is 20.3 Å². The molecule has 8 heteroatoms. The molecule has 0 unspecified atom stereocenters. The summed E-state index contributed by atoms with van der Waals surface area (Å²) >= 11 is 0. The van der Waals surface area contributed by atoms with Crippen LogP contribution >= 0.6 is 0 Å². The molecule has 8 nitrogen and oxygen atoms in total. The summed E-state index contributed by atoms with van der Waals surface area (Å²) in [4.78, 5) is 14.3. The van der Waals surface area contributed by atoms with Gasteiger partial charge in [0, 0.05) is 31.7 Å². The van der Waals surface area contributed by atoms with Crippen molar-refractivity contribution in [3.05, 3.63) is 54.6 Å². The number of methoxy groups -OCH3 is 1. The number of hydrogen-bond acceptors (Lipinski definition) is 7. The van der Waals surface area contributed by atoms with Crippen LogP contribution in [-0.2, 0) is 0 Å². The second-order valence-electron chi connectivity index (χ2n) is 7.73. The Morgan fingerprint density at radius 2 is 1.71 bits per heavy atom. The first-order valence-electron chi connectivity index (χ1n) is 10.3. The standard InChI is InChI=1S/C23H25N7O/c1-28-11-13-29(14-12-28)23-25-20(16-7-6-10-18(15-16)31-2)19-21(24)30(27-22(19)26-23)17-8-4-3-5-9-17/h3-10,15H,11-14,24H2,1-2H3. The van der Waals surface area contributed by atoms with Crippen LogP contribution in [-0.4, -0.2) is 65.0 Å². The van der Waals surface area contributed by atoms with E-state index in [1.165, 1.54) is 0 Å². The first-order chi connectivity index (χ1) is 15.1. The van der Waals surface area contributed by atoms with Crippen LogP contribution in [0.15, 0.2) is 54.6 Å². The number of likely N-dealkylation sites (N-methyl/N-ethyl adjacent to an activating group) is 1. The zero-order valence-corrected chi connectivity index (χ0v) is 17.7. The van der Waals surface area contributed by atoms with Gasteiger partial charge >= 0.3 is 0 Å². The Hall–Kier alpha value is -3.65. The Labute approximate surface area is 180 Å². The van der Waals surface area contributed by atoms with Crippen molar-refractivity contribution in [3.63, 3.8) is 0 Å². The number of anilines is 2. The van der Waals surface area contributed by atoms with Crippen LogP contribution in [0.1, 0.15) is 0 Å². The van der Waals surface area contributed by atoms with Gasteiger partial charge in [0.1, 0.15) is 11.6 Å². The number of rotatable bonds is 4. The average Bonchev–Trinajstić information content (AvgIpc) is 3.16. The van der Waals surface area contributed by atoms with E-state index >= 15 is 0 Å². The number of fused-ring (bicyclic) bond motifs is 1. The van der Waals surface area contributed by atoms with Gasteiger partial charge in [0.05, 0.1) is 23.9 Å². The molecule has 0 spiro atoms. The van der Waals surface area contributed by atoms with E-state index in [9.17, 15) is 0 Å². The average molecular weight is 416 g/mol. The van der Waals surface area contributed by atoms with E-state index in [0.717, 1.165) is 54.3 Å². The van der Waals surface area contributed by atoms with Gasteiger partial charge in [0.15, 0.2) is 5.65 Å². The van der Waals surface area contributed by atoms with E-state index in [1.807, 2.05) is 54.6 Å². The number of piperazine rings is 1. The molecule has 158 valence electrons. The van der Waals surface area contributed by atoms with E-state index in [1.54, 1.807) is 11.8 Å². The van der Waals surface area contributed by atoms with Crippen molar-refractivity contribution in [2.75, 3.05) is 51.0 Å². The van der Waals surface area contributed by atoms with Crippen molar-refractivity contribution in [1.82, 2.24) is 24.6 Å². The van der Waals surface area contributed by atoms with Crippen molar-refractivity contribution in [2.45, 2.75) is 0 Å². The molecule has 0 radical (unpaired) electrons. The Balaban J connectivity index is 1.72. The molecule has 1 aliphatic heterocycles. The summed E-state index contributed by atoms with van der Waals surface area (Å²) in [6.07, 6.45) is 0. The molecule has 2 aromatic heterocycles. The van der Waals surface area contributed by atoms with Gasteiger partial charge in [-0.25, -0.2) is 9.67 Å². The lowest BCUT2D eigenvalue weighted by Gasteiger charge is -2.32. The molecular weight excluding hydrogens is 390 g/mol. The molecule has 1 aliphatic rings. The first-order valence-corrected chi connectivity index (χ1v) is 10.3. The molecule has 0 bridgehead atoms. The fraction of sp³-hybridized carbons (Fsp3) is 0.261. The van der Waals surface area contributed by atoms with E-state index in [0.29, 0.717) is 17.4 Å². The lowest BCUT2D eigenvalue weighted by molar-refractivity contribution is 0.311. The predicted molar refractivity (Wildman–Crippen MR) is 123 cm³/mol. The minimum Gasteiger partial charge on any atom is -0.497 e. The minimum absolute atomic E-state index is 0.518. The van der Waals surface area contributed by atoms with Gasteiger partial charge in [-0.1, -0.05) is 30.3 Å². The summed E-state index contributed by atoms with van der Waals surface area (Å²) in [6, 6.07) is 17.7. The molecule has 31 heavy (non-hydrogen) atoms. The van der Waals surface area contributed by atoms with Crippen molar-refractivity contribution in [1.29, 1.82) is 0 Å². The van der Waals surface area contributed by atoms with Crippen LogP contribution in [0.4, 0.5) is 11.8 Å². The summed E-state index contributed by atoms with van der Waals surface area (Å²) in [7, 11) is 3.79. The molecule has 0 saturated carbocycles. The third-order valence-electron chi connectivity index (χ3n) is 5.69. The highest BCUT2D eigenvalue weighted by Gasteiger charge is 2.23. The fourth-order valence-electron chi connectivity index (χ4n) is 3.89. The second kappa shape index (κ2) is 7.88. The number of hydrogen-bond donors (Lipinski definition) is 1. The first kappa shape index (κ1) is 19.3. The number of para-hydroxylation sites is 1. The summed E-state index contributed by atoms with van der Waals surface area (Å²) in [5.74, 6) is 1.96. The Morgan fingerprint density at radius 1 is 0.935 bits per heavy atom. The van der Waals surface area contributed by atoms with Gasteiger partial charge in [0.25, 0.3) is 0 Å². The van der Waals surface area contributed by atoms with Crippen LogP contribution in [0.25, 0.3) is 28.0 Å². The fourth-order valence-corrected chi connectivity index (χ4v) is 3.89. The van der Waals surface area contributed by atoms with Crippen LogP contribution in [0.5, 0.6) is 5.75 Å². The van der Waals surface area contributed by atoms with Crippen LogP contribution in [0.2, 0.25) is 0 Å². The monoisotopic (exact) mass is 415 g/mol. The predicted octanol–water partition coefficient (Wildman–Crippen LogP) is 2.83. The molecule has 0 aliphatic carbocycles. The van der Waals surface area contributed by atoms with Crippen molar-refractivity contribution in [3.8, 4) is 22.7 Å². The molecule has 2 aromatic carbocycles. The molecule has 3 heterocycles. The molecule has 1 saturated heterocycles. The summed E-state index contributed by atoms with van der Waals surface area (Å²) in [5.41, 5.74) is 9.75. The number of nitrogen functional groups attached to an aromatic ring is 1. The van der Waals surface area contributed by atoms with Crippen molar-refractivity contribution in [2.24, 2.45) is 0 Å². The van der Waals surface area contributed by atoms with Crippen LogP contribution in [0.3, 0.4) is 0 Å². The molecule has 2 N–H and O–H groups in total. The van der Waals surface area contributed by atoms with E-state index in [4.69, 9.17) is 25.5 Å². The highest BCUT2D eigenvalue weighted by molar-refractivity contribution is 5.99. The smallest absolute Gasteiger partial charge is 0.228 e. The van der Waals surface area contributed by atoms with Crippen LogP contribution < -0.4 is 15.4 Å². The number of ether oxygens (including phenoxy) is 1. The summed E-state index contributed by atoms with van der Waals surface area (Å²) in [6.45, 7) is 3.68. The van der Waals surface area contributed by atoms with Gasteiger partial charge in [-0.05, 0) is 31.3 Å². The molecule has 1 fully saturated rings. The van der Waals surface area contributed by atoms with E-state index in [-0.39, 0.29) is 0 Å². The van der Waals surface area contributed by atoms with Gasteiger partial charge in [-0.3, -0.25) is 0 Å².